The van der Waals surface area contributed by atoms with E-state index in [4.69, 9.17) is 0 Å². The Hall–Kier alpha value is -1.77. The molecule has 0 bridgehead atoms. The SMILES string of the molecule is COC(=O)NC1=CCCc2ccccc21. The van der Waals surface area contributed by atoms with Crippen molar-refractivity contribution in [3.63, 3.8) is 0 Å². The van der Waals surface area contributed by atoms with E-state index >= 15 is 0 Å². The number of methoxy groups -OCH3 is 1. The van der Waals surface area contributed by atoms with Crippen molar-refractivity contribution in [1.82, 2.24) is 5.32 Å². The molecule has 15 heavy (non-hydrogen) atoms. The van der Waals surface area contributed by atoms with Crippen LogP contribution >= 0.6 is 0 Å². The van der Waals surface area contributed by atoms with Gasteiger partial charge in [0.05, 0.1) is 7.11 Å². The molecule has 1 aromatic carbocycles. The molecule has 1 aliphatic rings. The first-order valence-corrected chi connectivity index (χ1v) is 4.94. The number of hydrogen-bond donors (Lipinski definition) is 1. The Morgan fingerprint density at radius 3 is 3.00 bits per heavy atom. The summed E-state index contributed by atoms with van der Waals surface area (Å²) in [6.07, 6.45) is 3.59. The van der Waals surface area contributed by atoms with Crippen molar-refractivity contribution in [3.05, 3.63) is 41.5 Å². The fourth-order valence-corrected chi connectivity index (χ4v) is 1.76. The van der Waals surface area contributed by atoms with Gasteiger partial charge in [-0.15, -0.1) is 0 Å². The average molecular weight is 203 g/mol. The van der Waals surface area contributed by atoms with Crippen LogP contribution in [0.15, 0.2) is 30.3 Å². The van der Waals surface area contributed by atoms with Gasteiger partial charge in [0.25, 0.3) is 0 Å². The summed E-state index contributed by atoms with van der Waals surface area (Å²) in [5.41, 5.74) is 3.21. The number of rotatable bonds is 1. The lowest BCUT2D eigenvalue weighted by Gasteiger charge is -2.17. The average Bonchev–Trinajstić information content (AvgIpc) is 2.29. The Bertz CT molecular complexity index is 410. The molecule has 0 unspecified atom stereocenters. The Kier molecular flexibility index (Phi) is 2.72. The molecule has 0 heterocycles. The smallest absolute Gasteiger partial charge is 0.411 e. The van der Waals surface area contributed by atoms with Gasteiger partial charge in [0.1, 0.15) is 0 Å². The number of alkyl carbamates (subject to hydrolysis) is 1. The molecule has 0 aliphatic heterocycles. The maximum absolute atomic E-state index is 11.1. The summed E-state index contributed by atoms with van der Waals surface area (Å²) >= 11 is 0. The van der Waals surface area contributed by atoms with Crippen LogP contribution in [-0.2, 0) is 11.2 Å². The summed E-state index contributed by atoms with van der Waals surface area (Å²) in [7, 11) is 1.37. The first-order chi connectivity index (χ1) is 7.31. The molecule has 3 heteroatoms. The standard InChI is InChI=1S/C12H13NO2/c1-15-12(14)13-11-8-4-6-9-5-2-3-7-10(9)11/h2-3,5,7-8H,4,6H2,1H3,(H,13,14). The highest BCUT2D eigenvalue weighted by atomic mass is 16.5. The number of allylic oxidation sites excluding steroid dienone is 1. The number of fused-ring (bicyclic) bond motifs is 1. The number of amides is 1. The quantitative estimate of drug-likeness (QED) is 0.760. The molecular weight excluding hydrogens is 190 g/mol. The molecule has 1 N–H and O–H groups in total. The summed E-state index contributed by atoms with van der Waals surface area (Å²) < 4.78 is 4.58. The number of nitrogens with one attached hydrogen (secondary N) is 1. The minimum absolute atomic E-state index is 0.419. The molecule has 0 fully saturated rings. The van der Waals surface area contributed by atoms with Gasteiger partial charge in [-0.2, -0.15) is 0 Å². The van der Waals surface area contributed by atoms with E-state index in [0.29, 0.717) is 0 Å². The second kappa shape index (κ2) is 4.17. The Morgan fingerprint density at radius 2 is 2.20 bits per heavy atom. The van der Waals surface area contributed by atoms with Crippen molar-refractivity contribution < 1.29 is 9.53 Å². The normalized spacial score (nSPS) is 13.8. The van der Waals surface area contributed by atoms with Gasteiger partial charge in [-0.1, -0.05) is 30.3 Å². The van der Waals surface area contributed by atoms with Crippen LogP contribution in [0, 0.1) is 0 Å². The number of hydrogen-bond acceptors (Lipinski definition) is 2. The zero-order chi connectivity index (χ0) is 10.7. The topological polar surface area (TPSA) is 38.3 Å². The van der Waals surface area contributed by atoms with E-state index in [-0.39, 0.29) is 0 Å². The molecule has 1 aromatic rings. The summed E-state index contributed by atoms with van der Waals surface area (Å²) in [5, 5.41) is 2.72. The molecule has 0 atom stereocenters. The highest BCUT2D eigenvalue weighted by Gasteiger charge is 2.13. The summed E-state index contributed by atoms with van der Waals surface area (Å²) in [6.45, 7) is 0. The molecule has 0 aromatic heterocycles. The number of carbonyl (C=O) groups is 1. The molecule has 1 amide bonds. The van der Waals surface area contributed by atoms with Crippen molar-refractivity contribution >= 4 is 11.8 Å². The zero-order valence-corrected chi connectivity index (χ0v) is 8.62. The highest BCUT2D eigenvalue weighted by Crippen LogP contribution is 2.24. The van der Waals surface area contributed by atoms with Gasteiger partial charge in [0, 0.05) is 11.3 Å². The van der Waals surface area contributed by atoms with Crippen LogP contribution in [-0.4, -0.2) is 13.2 Å². The Balaban J connectivity index is 2.26. The van der Waals surface area contributed by atoms with Crippen molar-refractivity contribution in [2.24, 2.45) is 0 Å². The summed E-state index contributed by atoms with van der Waals surface area (Å²) in [6, 6.07) is 8.08. The van der Waals surface area contributed by atoms with Gasteiger partial charge in [-0.25, -0.2) is 4.79 Å². The number of aryl methyl sites for hydroxylation is 1. The molecule has 0 saturated heterocycles. The van der Waals surface area contributed by atoms with Crippen LogP contribution in [0.25, 0.3) is 5.70 Å². The van der Waals surface area contributed by atoms with Gasteiger partial charge in [-0.3, -0.25) is 5.32 Å². The second-order valence-corrected chi connectivity index (χ2v) is 3.43. The first-order valence-electron chi connectivity index (χ1n) is 4.94. The fourth-order valence-electron chi connectivity index (χ4n) is 1.76. The summed E-state index contributed by atoms with van der Waals surface area (Å²) in [5.74, 6) is 0. The molecule has 2 rings (SSSR count). The van der Waals surface area contributed by atoms with Crippen molar-refractivity contribution in [2.75, 3.05) is 7.11 Å². The van der Waals surface area contributed by atoms with E-state index in [2.05, 4.69) is 16.1 Å². The third-order valence-electron chi connectivity index (χ3n) is 2.49. The molecule has 3 nitrogen and oxygen atoms in total. The lowest BCUT2D eigenvalue weighted by atomic mass is 9.95. The first kappa shape index (κ1) is 9.77. The lowest BCUT2D eigenvalue weighted by Crippen LogP contribution is -2.23. The molecule has 0 saturated carbocycles. The van der Waals surface area contributed by atoms with Gasteiger partial charge in [0.2, 0.25) is 0 Å². The van der Waals surface area contributed by atoms with Crippen LogP contribution < -0.4 is 5.32 Å². The minimum atomic E-state index is -0.419. The molecule has 0 spiro atoms. The van der Waals surface area contributed by atoms with Crippen LogP contribution in [0.5, 0.6) is 0 Å². The van der Waals surface area contributed by atoms with E-state index in [1.54, 1.807) is 0 Å². The second-order valence-electron chi connectivity index (χ2n) is 3.43. The Morgan fingerprint density at radius 1 is 1.40 bits per heavy atom. The van der Waals surface area contributed by atoms with E-state index < -0.39 is 6.09 Å². The third kappa shape index (κ3) is 2.01. The van der Waals surface area contributed by atoms with Gasteiger partial charge in [-0.05, 0) is 18.4 Å². The van der Waals surface area contributed by atoms with E-state index in [1.165, 1.54) is 12.7 Å². The maximum Gasteiger partial charge on any atom is 0.411 e. The minimum Gasteiger partial charge on any atom is -0.453 e. The predicted octanol–water partition coefficient (Wildman–Crippen LogP) is 2.33. The maximum atomic E-state index is 11.1. The molecule has 0 radical (unpaired) electrons. The fraction of sp³-hybridized carbons (Fsp3) is 0.250. The van der Waals surface area contributed by atoms with Gasteiger partial charge < -0.3 is 4.74 Å². The van der Waals surface area contributed by atoms with Crippen LogP contribution in [0.2, 0.25) is 0 Å². The highest BCUT2D eigenvalue weighted by molar-refractivity contribution is 5.83. The zero-order valence-electron chi connectivity index (χ0n) is 8.62. The molecular formula is C12H13NO2. The number of ether oxygens (including phenoxy) is 1. The van der Waals surface area contributed by atoms with E-state index in [0.717, 1.165) is 24.1 Å². The predicted molar refractivity (Wildman–Crippen MR) is 58.3 cm³/mol. The van der Waals surface area contributed by atoms with Crippen LogP contribution in [0.1, 0.15) is 17.5 Å². The summed E-state index contributed by atoms with van der Waals surface area (Å²) in [4.78, 5) is 11.1. The third-order valence-corrected chi connectivity index (χ3v) is 2.49. The molecule has 78 valence electrons. The van der Waals surface area contributed by atoms with E-state index in [1.807, 2.05) is 24.3 Å². The van der Waals surface area contributed by atoms with Gasteiger partial charge in [0.15, 0.2) is 0 Å². The van der Waals surface area contributed by atoms with Crippen LogP contribution in [0.3, 0.4) is 0 Å². The van der Waals surface area contributed by atoms with Crippen molar-refractivity contribution in [3.8, 4) is 0 Å². The Labute approximate surface area is 88.8 Å². The lowest BCUT2D eigenvalue weighted by molar-refractivity contribution is 0.176. The van der Waals surface area contributed by atoms with E-state index in [9.17, 15) is 4.79 Å². The van der Waals surface area contributed by atoms with Crippen LogP contribution in [0.4, 0.5) is 4.79 Å². The van der Waals surface area contributed by atoms with Crippen molar-refractivity contribution in [2.45, 2.75) is 12.8 Å². The monoisotopic (exact) mass is 203 g/mol. The number of carbonyl (C=O) groups excluding carboxylic acids is 1. The van der Waals surface area contributed by atoms with Gasteiger partial charge >= 0.3 is 6.09 Å². The largest absolute Gasteiger partial charge is 0.453 e. The molecule has 1 aliphatic carbocycles. The van der Waals surface area contributed by atoms with Crippen molar-refractivity contribution in [1.29, 1.82) is 0 Å². The number of benzene rings is 1.